The van der Waals surface area contributed by atoms with Crippen molar-refractivity contribution in [3.8, 4) is 0 Å². The number of halogens is 2. The lowest BCUT2D eigenvalue weighted by Crippen LogP contribution is -2.27. The molecule has 4 nitrogen and oxygen atoms in total. The van der Waals surface area contributed by atoms with E-state index < -0.39 is 0 Å². The monoisotopic (exact) mass is 249 g/mol. The molecule has 1 aliphatic rings. The van der Waals surface area contributed by atoms with Crippen LogP contribution >= 0.6 is 24.8 Å². The highest BCUT2D eigenvalue weighted by Gasteiger charge is 2.09. The van der Waals surface area contributed by atoms with E-state index in [1.807, 2.05) is 6.07 Å². The van der Waals surface area contributed by atoms with E-state index in [-0.39, 0.29) is 30.7 Å². The molecule has 1 aromatic carbocycles. The molecule has 0 atom stereocenters. The lowest BCUT2D eigenvalue weighted by atomic mass is 10.1. The second-order valence-electron chi connectivity index (χ2n) is 3.02. The molecular weight excluding hydrogens is 237 g/mol. The minimum absolute atomic E-state index is 0. The maximum absolute atomic E-state index is 10.9. The van der Waals surface area contributed by atoms with Crippen LogP contribution in [-0.2, 0) is 6.54 Å². The average molecular weight is 250 g/mol. The summed E-state index contributed by atoms with van der Waals surface area (Å²) in [5.41, 5.74) is 7.87. The predicted molar refractivity (Wildman–Crippen MR) is 64.8 cm³/mol. The van der Waals surface area contributed by atoms with Gasteiger partial charge in [-0.1, -0.05) is 6.07 Å². The number of nitrogens with one attached hydrogen (secondary N) is 2. The standard InChI is InChI=1S/C9H11N3O.2ClH/c10-9(13)6-1-2-7-4-11-5-12-8(7)3-6;;/h1-3,11-12H,4-5H2,(H2,10,13);2*1H. The molecule has 1 aromatic rings. The van der Waals surface area contributed by atoms with Crippen molar-refractivity contribution in [1.29, 1.82) is 0 Å². The molecule has 1 aliphatic heterocycles. The van der Waals surface area contributed by atoms with E-state index in [9.17, 15) is 4.79 Å². The third-order valence-electron chi connectivity index (χ3n) is 2.11. The van der Waals surface area contributed by atoms with Gasteiger partial charge in [-0.3, -0.25) is 10.1 Å². The van der Waals surface area contributed by atoms with Gasteiger partial charge in [-0.25, -0.2) is 0 Å². The van der Waals surface area contributed by atoms with E-state index >= 15 is 0 Å². The van der Waals surface area contributed by atoms with Gasteiger partial charge in [-0.15, -0.1) is 24.8 Å². The van der Waals surface area contributed by atoms with E-state index in [0.29, 0.717) is 5.56 Å². The first-order valence-electron chi connectivity index (χ1n) is 4.15. The number of fused-ring (bicyclic) bond motifs is 1. The second kappa shape index (κ2) is 5.80. The number of carbonyl (C=O) groups is 1. The topological polar surface area (TPSA) is 67.2 Å². The molecule has 0 aromatic heterocycles. The normalized spacial score (nSPS) is 12.5. The Morgan fingerprint density at radius 3 is 2.73 bits per heavy atom. The zero-order valence-corrected chi connectivity index (χ0v) is 9.58. The van der Waals surface area contributed by atoms with E-state index in [4.69, 9.17) is 5.73 Å². The van der Waals surface area contributed by atoms with Crippen LogP contribution in [0.1, 0.15) is 15.9 Å². The number of rotatable bonds is 1. The molecular formula is C9H13Cl2N3O. The molecule has 6 heteroatoms. The Morgan fingerprint density at radius 2 is 2.07 bits per heavy atom. The van der Waals surface area contributed by atoms with Gasteiger partial charge in [0.1, 0.15) is 0 Å². The number of hydrogen-bond donors (Lipinski definition) is 3. The van der Waals surface area contributed by atoms with Crippen LogP contribution in [0.25, 0.3) is 0 Å². The highest BCUT2D eigenvalue weighted by atomic mass is 35.5. The Hall–Kier alpha value is -0.970. The van der Waals surface area contributed by atoms with E-state index in [0.717, 1.165) is 24.5 Å². The summed E-state index contributed by atoms with van der Waals surface area (Å²) in [4.78, 5) is 10.9. The number of anilines is 1. The molecule has 0 unspecified atom stereocenters. The SMILES string of the molecule is Cl.Cl.NC(=O)c1ccc2c(c1)NCNC2. The fraction of sp³-hybridized carbons (Fsp3) is 0.222. The Bertz CT molecular complexity index is 357. The van der Waals surface area contributed by atoms with Gasteiger partial charge in [0.05, 0.1) is 6.67 Å². The summed E-state index contributed by atoms with van der Waals surface area (Å²) in [6.45, 7) is 1.57. The number of benzene rings is 1. The molecule has 0 fully saturated rings. The van der Waals surface area contributed by atoms with Gasteiger partial charge in [-0.05, 0) is 17.7 Å². The summed E-state index contributed by atoms with van der Waals surface area (Å²) in [6, 6.07) is 5.45. The molecule has 0 radical (unpaired) electrons. The van der Waals surface area contributed by atoms with Crippen LogP contribution in [0.15, 0.2) is 18.2 Å². The zero-order valence-electron chi connectivity index (χ0n) is 7.95. The molecule has 1 heterocycles. The Labute approximate surface area is 100 Å². The van der Waals surface area contributed by atoms with Gasteiger partial charge in [0.15, 0.2) is 0 Å². The third kappa shape index (κ3) is 2.99. The van der Waals surface area contributed by atoms with E-state index in [1.165, 1.54) is 0 Å². The number of amides is 1. The first-order chi connectivity index (χ1) is 6.27. The summed E-state index contributed by atoms with van der Waals surface area (Å²) in [7, 11) is 0. The van der Waals surface area contributed by atoms with Crippen LogP contribution < -0.4 is 16.4 Å². The molecule has 1 amide bonds. The van der Waals surface area contributed by atoms with Crippen LogP contribution in [-0.4, -0.2) is 12.6 Å². The van der Waals surface area contributed by atoms with Crippen molar-refractivity contribution in [3.05, 3.63) is 29.3 Å². The summed E-state index contributed by atoms with van der Waals surface area (Å²) in [6.07, 6.45) is 0. The lowest BCUT2D eigenvalue weighted by Gasteiger charge is -2.19. The number of carbonyl (C=O) groups excluding carboxylic acids is 1. The molecule has 0 saturated carbocycles. The second-order valence-corrected chi connectivity index (χ2v) is 3.02. The third-order valence-corrected chi connectivity index (χ3v) is 2.11. The smallest absolute Gasteiger partial charge is 0.248 e. The van der Waals surface area contributed by atoms with Crippen molar-refractivity contribution < 1.29 is 4.79 Å². The minimum Gasteiger partial charge on any atom is -0.372 e. The van der Waals surface area contributed by atoms with Crippen molar-refractivity contribution in [2.75, 3.05) is 12.0 Å². The van der Waals surface area contributed by atoms with Crippen LogP contribution in [0, 0.1) is 0 Å². The Kier molecular flexibility index (Phi) is 5.43. The molecule has 4 N–H and O–H groups in total. The summed E-state index contributed by atoms with van der Waals surface area (Å²) < 4.78 is 0. The average Bonchev–Trinajstić information content (AvgIpc) is 2.17. The fourth-order valence-corrected chi connectivity index (χ4v) is 1.40. The summed E-state index contributed by atoms with van der Waals surface area (Å²) in [5.74, 6) is -0.386. The Balaban J connectivity index is 0.000000980. The summed E-state index contributed by atoms with van der Waals surface area (Å²) in [5, 5.41) is 6.30. The van der Waals surface area contributed by atoms with Gasteiger partial charge in [0.2, 0.25) is 5.91 Å². The van der Waals surface area contributed by atoms with Crippen molar-refractivity contribution in [3.63, 3.8) is 0 Å². The maximum atomic E-state index is 10.9. The largest absolute Gasteiger partial charge is 0.372 e. The van der Waals surface area contributed by atoms with Crippen molar-refractivity contribution in [2.45, 2.75) is 6.54 Å². The number of primary amides is 1. The highest BCUT2D eigenvalue weighted by molar-refractivity contribution is 5.94. The zero-order chi connectivity index (χ0) is 9.26. The van der Waals surface area contributed by atoms with Gasteiger partial charge in [0.25, 0.3) is 0 Å². The molecule has 84 valence electrons. The van der Waals surface area contributed by atoms with E-state index in [2.05, 4.69) is 10.6 Å². The van der Waals surface area contributed by atoms with Crippen LogP contribution in [0.4, 0.5) is 5.69 Å². The summed E-state index contributed by atoms with van der Waals surface area (Å²) >= 11 is 0. The highest BCUT2D eigenvalue weighted by Crippen LogP contribution is 2.19. The predicted octanol–water partition coefficient (Wildman–Crippen LogP) is 1.10. The quantitative estimate of drug-likeness (QED) is 0.699. The van der Waals surface area contributed by atoms with Gasteiger partial charge >= 0.3 is 0 Å². The van der Waals surface area contributed by atoms with Crippen LogP contribution in [0.2, 0.25) is 0 Å². The van der Waals surface area contributed by atoms with Gasteiger partial charge in [0, 0.05) is 17.8 Å². The number of hydrogen-bond acceptors (Lipinski definition) is 3. The molecule has 0 aliphatic carbocycles. The van der Waals surface area contributed by atoms with E-state index in [1.54, 1.807) is 12.1 Å². The number of nitrogens with two attached hydrogens (primary N) is 1. The van der Waals surface area contributed by atoms with Gasteiger partial charge < -0.3 is 11.1 Å². The Morgan fingerprint density at radius 1 is 1.33 bits per heavy atom. The van der Waals surface area contributed by atoms with Gasteiger partial charge in [-0.2, -0.15) is 0 Å². The minimum atomic E-state index is -0.386. The van der Waals surface area contributed by atoms with Crippen LogP contribution in [0.3, 0.4) is 0 Å². The van der Waals surface area contributed by atoms with Crippen molar-refractivity contribution in [1.82, 2.24) is 5.32 Å². The first-order valence-corrected chi connectivity index (χ1v) is 4.15. The first kappa shape index (κ1) is 14.0. The fourth-order valence-electron chi connectivity index (χ4n) is 1.40. The lowest BCUT2D eigenvalue weighted by molar-refractivity contribution is 0.100. The molecule has 0 spiro atoms. The van der Waals surface area contributed by atoms with Crippen molar-refractivity contribution in [2.24, 2.45) is 5.73 Å². The molecule has 0 saturated heterocycles. The van der Waals surface area contributed by atoms with Crippen LogP contribution in [0.5, 0.6) is 0 Å². The molecule has 2 rings (SSSR count). The van der Waals surface area contributed by atoms with Crippen molar-refractivity contribution >= 4 is 36.4 Å². The molecule has 0 bridgehead atoms. The molecule has 15 heavy (non-hydrogen) atoms. The maximum Gasteiger partial charge on any atom is 0.248 e.